The van der Waals surface area contributed by atoms with Crippen molar-refractivity contribution in [1.29, 1.82) is 0 Å². The summed E-state index contributed by atoms with van der Waals surface area (Å²) in [5.74, 6) is -1.50. The van der Waals surface area contributed by atoms with Gasteiger partial charge in [0, 0.05) is 12.1 Å². The summed E-state index contributed by atoms with van der Waals surface area (Å²) in [6, 6.07) is 3.06. The van der Waals surface area contributed by atoms with Crippen LogP contribution in [0.4, 0.5) is 8.78 Å². The third kappa shape index (κ3) is 2.77. The molecule has 14 heavy (non-hydrogen) atoms. The zero-order valence-corrected chi connectivity index (χ0v) is 7.39. The van der Waals surface area contributed by atoms with Crippen LogP contribution in [0.1, 0.15) is 5.56 Å². The zero-order chi connectivity index (χ0) is 10.6. The van der Waals surface area contributed by atoms with Crippen LogP contribution in [0.5, 0.6) is 0 Å². The molecule has 1 amide bonds. The second-order valence-corrected chi connectivity index (χ2v) is 2.72. The zero-order valence-electron chi connectivity index (χ0n) is 7.39. The van der Waals surface area contributed by atoms with Crippen molar-refractivity contribution in [2.24, 2.45) is 5.73 Å². The van der Waals surface area contributed by atoms with Gasteiger partial charge in [0.05, 0.1) is 6.54 Å². The van der Waals surface area contributed by atoms with Crippen LogP contribution in [-0.2, 0) is 11.3 Å². The molecule has 1 rings (SSSR count). The predicted octanol–water partition coefficient (Wildman–Crippen LogP) is 0.540. The summed E-state index contributed by atoms with van der Waals surface area (Å²) < 4.78 is 25.6. The molecule has 0 heterocycles. The number of benzene rings is 1. The van der Waals surface area contributed by atoms with E-state index in [-0.39, 0.29) is 18.7 Å². The molecule has 0 atom stereocenters. The number of nitrogens with one attached hydrogen (secondary N) is 1. The normalized spacial score (nSPS) is 9.93. The first kappa shape index (κ1) is 10.6. The van der Waals surface area contributed by atoms with Gasteiger partial charge < -0.3 is 11.1 Å². The Morgan fingerprint density at radius 2 is 2.14 bits per heavy atom. The van der Waals surface area contributed by atoms with Crippen LogP contribution >= 0.6 is 0 Å². The van der Waals surface area contributed by atoms with E-state index in [9.17, 15) is 13.6 Å². The summed E-state index contributed by atoms with van der Waals surface area (Å²) in [6.07, 6.45) is 0. The Morgan fingerprint density at radius 3 is 2.79 bits per heavy atom. The van der Waals surface area contributed by atoms with Crippen LogP contribution in [0, 0.1) is 11.6 Å². The van der Waals surface area contributed by atoms with Crippen LogP contribution in [0.15, 0.2) is 18.2 Å². The molecule has 3 N–H and O–H groups in total. The number of carbonyl (C=O) groups excluding carboxylic acids is 1. The van der Waals surface area contributed by atoms with Gasteiger partial charge in [0.25, 0.3) is 0 Å². The van der Waals surface area contributed by atoms with Crippen molar-refractivity contribution in [3.05, 3.63) is 35.4 Å². The molecular formula is C9H10F2N2O. The number of carbonyl (C=O) groups is 1. The minimum atomic E-state index is -0.552. The highest BCUT2D eigenvalue weighted by atomic mass is 19.1. The molecule has 0 unspecified atom stereocenters. The van der Waals surface area contributed by atoms with Crippen molar-refractivity contribution in [1.82, 2.24) is 5.32 Å². The fourth-order valence-electron chi connectivity index (χ4n) is 0.945. The second kappa shape index (κ2) is 4.66. The maximum Gasteiger partial charge on any atom is 0.234 e. The van der Waals surface area contributed by atoms with Gasteiger partial charge in [0.15, 0.2) is 0 Å². The third-order valence-electron chi connectivity index (χ3n) is 1.67. The Morgan fingerprint density at radius 1 is 1.43 bits per heavy atom. The lowest BCUT2D eigenvalue weighted by atomic mass is 10.2. The highest BCUT2D eigenvalue weighted by molar-refractivity contribution is 5.77. The molecule has 0 saturated carbocycles. The van der Waals surface area contributed by atoms with Gasteiger partial charge in [0.1, 0.15) is 11.6 Å². The molecule has 0 aliphatic carbocycles. The van der Waals surface area contributed by atoms with E-state index in [1.54, 1.807) is 0 Å². The van der Waals surface area contributed by atoms with E-state index in [0.717, 1.165) is 18.2 Å². The lowest BCUT2D eigenvalue weighted by Crippen LogP contribution is -2.30. The molecule has 0 aliphatic heterocycles. The molecule has 3 nitrogen and oxygen atoms in total. The maximum atomic E-state index is 13.0. The molecule has 1 aromatic rings. The van der Waals surface area contributed by atoms with Crippen molar-refractivity contribution in [3.8, 4) is 0 Å². The number of amides is 1. The van der Waals surface area contributed by atoms with Crippen LogP contribution in [0.25, 0.3) is 0 Å². The SMILES string of the molecule is NCC(=O)NCc1cc(F)ccc1F. The number of halogens is 2. The standard InChI is InChI=1S/C9H10F2N2O/c10-7-1-2-8(11)6(3-7)5-13-9(14)4-12/h1-3H,4-5,12H2,(H,13,14). The largest absolute Gasteiger partial charge is 0.351 e. The Labute approximate surface area is 79.9 Å². The second-order valence-electron chi connectivity index (χ2n) is 2.72. The monoisotopic (exact) mass is 200 g/mol. The molecule has 5 heteroatoms. The number of hydrogen-bond donors (Lipinski definition) is 2. The van der Waals surface area contributed by atoms with E-state index >= 15 is 0 Å². The molecule has 0 aromatic heterocycles. The van der Waals surface area contributed by atoms with Gasteiger partial charge in [-0.25, -0.2) is 8.78 Å². The molecule has 1 aromatic carbocycles. The van der Waals surface area contributed by atoms with Gasteiger partial charge in [-0.3, -0.25) is 4.79 Å². The molecule has 0 aliphatic rings. The van der Waals surface area contributed by atoms with E-state index in [2.05, 4.69) is 5.32 Å². The Bertz CT molecular complexity index is 342. The molecule has 0 radical (unpaired) electrons. The lowest BCUT2D eigenvalue weighted by Gasteiger charge is -2.04. The number of nitrogens with two attached hydrogens (primary N) is 1. The summed E-state index contributed by atoms with van der Waals surface area (Å²) >= 11 is 0. The molecule has 0 saturated heterocycles. The van der Waals surface area contributed by atoms with Gasteiger partial charge in [-0.15, -0.1) is 0 Å². The van der Waals surface area contributed by atoms with E-state index in [1.165, 1.54) is 0 Å². The lowest BCUT2D eigenvalue weighted by molar-refractivity contribution is -0.119. The average molecular weight is 200 g/mol. The van der Waals surface area contributed by atoms with Crippen molar-refractivity contribution in [2.45, 2.75) is 6.54 Å². The fraction of sp³-hybridized carbons (Fsp3) is 0.222. The average Bonchev–Trinajstić information content (AvgIpc) is 2.19. The summed E-state index contributed by atoms with van der Waals surface area (Å²) in [6.45, 7) is -0.226. The maximum absolute atomic E-state index is 13.0. The minimum Gasteiger partial charge on any atom is -0.351 e. The molecule has 0 fully saturated rings. The topological polar surface area (TPSA) is 55.1 Å². The van der Waals surface area contributed by atoms with Gasteiger partial charge in [-0.2, -0.15) is 0 Å². The smallest absolute Gasteiger partial charge is 0.234 e. The van der Waals surface area contributed by atoms with E-state index in [0.29, 0.717) is 0 Å². The van der Waals surface area contributed by atoms with Gasteiger partial charge >= 0.3 is 0 Å². The quantitative estimate of drug-likeness (QED) is 0.748. The number of rotatable bonds is 3. The molecular weight excluding hydrogens is 190 g/mol. The first-order valence-electron chi connectivity index (χ1n) is 4.04. The van der Waals surface area contributed by atoms with Gasteiger partial charge in [-0.05, 0) is 18.2 Å². The summed E-state index contributed by atoms with van der Waals surface area (Å²) in [5, 5.41) is 2.35. The molecule has 0 spiro atoms. The Kier molecular flexibility index (Phi) is 3.53. The van der Waals surface area contributed by atoms with Crippen LogP contribution < -0.4 is 11.1 Å². The van der Waals surface area contributed by atoms with Crippen LogP contribution in [-0.4, -0.2) is 12.5 Å². The third-order valence-corrected chi connectivity index (χ3v) is 1.67. The van der Waals surface area contributed by atoms with Crippen molar-refractivity contribution < 1.29 is 13.6 Å². The van der Waals surface area contributed by atoms with Gasteiger partial charge in [0.2, 0.25) is 5.91 Å². The van der Waals surface area contributed by atoms with Crippen molar-refractivity contribution >= 4 is 5.91 Å². The predicted molar refractivity (Wildman–Crippen MR) is 47.3 cm³/mol. The summed E-state index contributed by atoms with van der Waals surface area (Å²) in [7, 11) is 0. The number of hydrogen-bond acceptors (Lipinski definition) is 2. The molecule has 76 valence electrons. The first-order chi connectivity index (χ1) is 6.63. The highest BCUT2D eigenvalue weighted by Crippen LogP contribution is 2.08. The van der Waals surface area contributed by atoms with Crippen LogP contribution in [0.3, 0.4) is 0 Å². The van der Waals surface area contributed by atoms with E-state index in [4.69, 9.17) is 5.73 Å². The van der Waals surface area contributed by atoms with E-state index < -0.39 is 17.5 Å². The van der Waals surface area contributed by atoms with Crippen LogP contribution in [0.2, 0.25) is 0 Å². The minimum absolute atomic E-state index is 0.0559. The summed E-state index contributed by atoms with van der Waals surface area (Å²) in [4.78, 5) is 10.7. The Balaban J connectivity index is 2.66. The highest BCUT2D eigenvalue weighted by Gasteiger charge is 2.04. The first-order valence-corrected chi connectivity index (χ1v) is 4.04. The fourth-order valence-corrected chi connectivity index (χ4v) is 0.945. The van der Waals surface area contributed by atoms with Gasteiger partial charge in [-0.1, -0.05) is 0 Å². The van der Waals surface area contributed by atoms with Crippen molar-refractivity contribution in [3.63, 3.8) is 0 Å². The van der Waals surface area contributed by atoms with Crippen molar-refractivity contribution in [2.75, 3.05) is 6.54 Å². The van der Waals surface area contributed by atoms with E-state index in [1.807, 2.05) is 0 Å². The summed E-state index contributed by atoms with van der Waals surface area (Å²) in [5.41, 5.74) is 5.13. The Hall–Kier alpha value is -1.49. The molecule has 0 bridgehead atoms.